The molecule has 0 amide bonds. The maximum absolute atomic E-state index is 15.3. The quantitative estimate of drug-likeness (QED) is 0.253. The number of aryl methyl sites for hydroxylation is 1. The molecule has 2 aromatic carbocycles. The van der Waals surface area contributed by atoms with E-state index in [2.05, 4.69) is 36.4 Å². The van der Waals surface area contributed by atoms with Gasteiger partial charge in [-0.3, -0.25) is 0 Å². The van der Waals surface area contributed by atoms with E-state index in [9.17, 15) is 5.11 Å². The van der Waals surface area contributed by atoms with Crippen molar-refractivity contribution in [3.8, 4) is 18.1 Å². The van der Waals surface area contributed by atoms with Gasteiger partial charge >= 0.3 is 5.92 Å². The van der Waals surface area contributed by atoms with Crippen LogP contribution in [0.2, 0.25) is 0 Å². The molecule has 0 aliphatic heterocycles. The molecule has 6 heteroatoms. The second kappa shape index (κ2) is 11.0. The Morgan fingerprint density at radius 3 is 2.44 bits per heavy atom. The summed E-state index contributed by atoms with van der Waals surface area (Å²) in [5.41, 5.74) is 1.91. The Labute approximate surface area is 242 Å². The predicted octanol–water partition coefficient (Wildman–Crippen LogP) is 6.86. The summed E-state index contributed by atoms with van der Waals surface area (Å²) in [5, 5.41) is 11.7. The first-order valence-corrected chi connectivity index (χ1v) is 15.2. The summed E-state index contributed by atoms with van der Waals surface area (Å²) < 4.78 is 47.2. The van der Waals surface area contributed by atoms with Gasteiger partial charge in [0.2, 0.25) is 0 Å². The number of halogens is 2. The van der Waals surface area contributed by atoms with Crippen LogP contribution in [-0.4, -0.2) is 50.2 Å². The van der Waals surface area contributed by atoms with E-state index in [4.69, 9.17) is 20.6 Å². The van der Waals surface area contributed by atoms with Crippen LogP contribution in [0.3, 0.4) is 0 Å². The fraction of sp³-hybridized carbons (Fsp3) is 0.600. The van der Waals surface area contributed by atoms with Crippen LogP contribution < -0.4 is 4.74 Å². The maximum Gasteiger partial charge on any atom is 0.336 e. The number of terminal acetylenes is 1. The molecule has 0 heterocycles. The van der Waals surface area contributed by atoms with Gasteiger partial charge in [0.15, 0.2) is 0 Å². The van der Waals surface area contributed by atoms with Crippen LogP contribution in [0, 0.1) is 29.6 Å². The molecule has 2 aromatic rings. The molecule has 220 valence electrons. The zero-order valence-electron chi connectivity index (χ0n) is 24.2. The minimum Gasteiger partial charge on any atom is -0.491 e. The fourth-order valence-electron chi connectivity index (χ4n) is 8.63. The van der Waals surface area contributed by atoms with Crippen molar-refractivity contribution < 1.29 is 28.1 Å². The van der Waals surface area contributed by atoms with Crippen LogP contribution in [0.4, 0.5) is 8.78 Å². The van der Waals surface area contributed by atoms with Crippen LogP contribution in [0.15, 0.2) is 42.5 Å². The molecule has 3 fully saturated rings. The SMILES string of the molecule is C#CC(F)(F)[C@]1(O)CC[C@H]2[C@@H]3CCc4cc(OCCOCCOC)ccc4C3C(c3ccc(C4CC4)cc3)C[C@@]21C. The Bertz CT molecular complexity index is 1280. The number of rotatable bonds is 10. The topological polar surface area (TPSA) is 47.9 Å². The van der Waals surface area contributed by atoms with Gasteiger partial charge in [0, 0.05) is 12.5 Å². The number of ether oxygens (including phenoxy) is 3. The highest BCUT2D eigenvalue weighted by molar-refractivity contribution is 5.45. The van der Waals surface area contributed by atoms with Crippen molar-refractivity contribution in [2.75, 3.05) is 33.5 Å². The number of hydrogen-bond acceptors (Lipinski definition) is 4. The molecule has 4 aliphatic rings. The average molecular weight is 565 g/mol. The van der Waals surface area contributed by atoms with Crippen molar-refractivity contribution in [3.05, 3.63) is 64.7 Å². The van der Waals surface area contributed by atoms with E-state index < -0.39 is 16.9 Å². The van der Waals surface area contributed by atoms with Crippen LogP contribution in [0.5, 0.6) is 5.75 Å². The first-order chi connectivity index (χ1) is 19.7. The molecule has 6 rings (SSSR count). The summed E-state index contributed by atoms with van der Waals surface area (Å²) in [5.74, 6) is -0.0501. The minimum absolute atomic E-state index is 0.00713. The molecule has 0 radical (unpaired) electrons. The molecule has 6 atom stereocenters. The molecule has 2 unspecified atom stereocenters. The predicted molar refractivity (Wildman–Crippen MR) is 155 cm³/mol. The third-order valence-corrected chi connectivity index (χ3v) is 10.9. The van der Waals surface area contributed by atoms with E-state index in [-0.39, 0.29) is 30.1 Å². The molecule has 0 bridgehead atoms. The molecule has 0 saturated heterocycles. The second-order valence-electron chi connectivity index (χ2n) is 12.9. The highest BCUT2D eigenvalue weighted by atomic mass is 19.3. The molecule has 4 aliphatic carbocycles. The summed E-state index contributed by atoms with van der Waals surface area (Å²) in [6.07, 6.45) is 10.7. The van der Waals surface area contributed by atoms with Gasteiger partial charge in [-0.2, -0.15) is 8.78 Å². The highest BCUT2D eigenvalue weighted by Crippen LogP contribution is 2.70. The highest BCUT2D eigenvalue weighted by Gasteiger charge is 2.71. The number of benzene rings is 2. The number of aliphatic hydroxyl groups is 1. The zero-order valence-corrected chi connectivity index (χ0v) is 24.2. The van der Waals surface area contributed by atoms with E-state index in [1.54, 1.807) is 13.0 Å². The van der Waals surface area contributed by atoms with Gasteiger partial charge in [-0.25, -0.2) is 0 Å². The van der Waals surface area contributed by atoms with Crippen LogP contribution in [-0.2, 0) is 15.9 Å². The zero-order chi connectivity index (χ0) is 28.8. The van der Waals surface area contributed by atoms with Crippen LogP contribution in [0.25, 0.3) is 0 Å². The Balaban J connectivity index is 1.32. The molecular formula is C35H42F2O4. The molecular weight excluding hydrogens is 522 g/mol. The second-order valence-corrected chi connectivity index (χ2v) is 12.9. The Morgan fingerprint density at radius 1 is 1.00 bits per heavy atom. The molecule has 0 aromatic heterocycles. The van der Waals surface area contributed by atoms with Gasteiger partial charge in [-0.05, 0) is 115 Å². The van der Waals surface area contributed by atoms with Crippen molar-refractivity contribution in [2.45, 2.75) is 81.1 Å². The summed E-state index contributed by atoms with van der Waals surface area (Å²) in [4.78, 5) is 0. The van der Waals surface area contributed by atoms with Crippen molar-refractivity contribution in [3.63, 3.8) is 0 Å². The molecule has 0 spiro atoms. The smallest absolute Gasteiger partial charge is 0.336 e. The lowest BCUT2D eigenvalue weighted by Gasteiger charge is -2.57. The minimum atomic E-state index is -3.57. The van der Waals surface area contributed by atoms with Gasteiger partial charge in [-0.1, -0.05) is 37.3 Å². The Kier molecular flexibility index (Phi) is 7.68. The number of hydrogen-bond donors (Lipinski definition) is 1. The molecule has 41 heavy (non-hydrogen) atoms. The number of fused-ring (bicyclic) bond motifs is 5. The van der Waals surface area contributed by atoms with Gasteiger partial charge in [0.25, 0.3) is 0 Å². The van der Waals surface area contributed by atoms with E-state index in [0.717, 1.165) is 18.6 Å². The van der Waals surface area contributed by atoms with Crippen molar-refractivity contribution in [1.82, 2.24) is 0 Å². The van der Waals surface area contributed by atoms with Gasteiger partial charge in [0.05, 0.1) is 19.8 Å². The first kappa shape index (κ1) is 28.6. The number of methoxy groups -OCH3 is 1. The summed E-state index contributed by atoms with van der Waals surface area (Å²) in [6.45, 7) is 3.95. The largest absolute Gasteiger partial charge is 0.491 e. The Morgan fingerprint density at radius 2 is 1.73 bits per heavy atom. The summed E-state index contributed by atoms with van der Waals surface area (Å²) in [7, 11) is 1.65. The van der Waals surface area contributed by atoms with E-state index in [0.29, 0.717) is 45.2 Å². The standard InChI is InChI=1S/C35H42F2O4/c1-4-35(36,37)34(38)16-15-31-29-13-11-26-21-27(41-20-19-40-18-17-39-3)12-14-28(26)32(29)30(22-33(31,34)2)25-9-7-24(8-10-25)23-5-6-23/h1,7-10,12,14,21,23,29-32,38H,5-6,11,13,15-20,22H2,2-3H3/t29-,30?,31-,32?,33-,34-/m0/s1. The average Bonchev–Trinajstić information content (AvgIpc) is 3.79. The summed E-state index contributed by atoms with van der Waals surface area (Å²) in [6, 6.07) is 15.3. The normalized spacial score (nSPS) is 32.5. The third-order valence-electron chi connectivity index (χ3n) is 10.9. The Hall–Kier alpha value is -2.46. The lowest BCUT2D eigenvalue weighted by molar-refractivity contribution is -0.214. The van der Waals surface area contributed by atoms with E-state index in [1.807, 2.05) is 13.0 Å². The van der Waals surface area contributed by atoms with Crippen molar-refractivity contribution in [1.29, 1.82) is 0 Å². The fourth-order valence-corrected chi connectivity index (χ4v) is 8.63. The first-order valence-electron chi connectivity index (χ1n) is 15.2. The van der Waals surface area contributed by atoms with Gasteiger partial charge in [-0.15, -0.1) is 6.42 Å². The van der Waals surface area contributed by atoms with Gasteiger partial charge < -0.3 is 19.3 Å². The van der Waals surface area contributed by atoms with E-state index >= 15 is 8.78 Å². The monoisotopic (exact) mass is 564 g/mol. The van der Waals surface area contributed by atoms with E-state index in [1.165, 1.54) is 35.1 Å². The maximum atomic E-state index is 15.3. The number of alkyl halides is 2. The van der Waals surface area contributed by atoms with Crippen LogP contribution >= 0.6 is 0 Å². The lowest BCUT2D eigenvalue weighted by Crippen LogP contribution is -2.60. The molecule has 4 nitrogen and oxygen atoms in total. The molecule has 3 saturated carbocycles. The third kappa shape index (κ3) is 4.88. The molecule has 1 N–H and O–H groups in total. The lowest BCUT2D eigenvalue weighted by atomic mass is 9.48. The van der Waals surface area contributed by atoms with Crippen LogP contribution in [0.1, 0.15) is 85.5 Å². The van der Waals surface area contributed by atoms with Gasteiger partial charge in [0.1, 0.15) is 18.0 Å². The van der Waals surface area contributed by atoms with Crippen molar-refractivity contribution in [2.24, 2.45) is 17.3 Å². The summed E-state index contributed by atoms with van der Waals surface area (Å²) >= 11 is 0. The van der Waals surface area contributed by atoms with Crippen molar-refractivity contribution >= 4 is 0 Å².